The second kappa shape index (κ2) is 13.8. The minimum Gasteiger partial charge on any atom is -0.396 e. The maximum absolute atomic E-state index is 8.74. The van der Waals surface area contributed by atoms with Gasteiger partial charge in [-0.1, -0.05) is 26.7 Å². The molecule has 0 aromatic rings. The number of aliphatic hydroxyl groups is 4. The molecule has 4 nitrogen and oxygen atoms in total. The molecule has 0 radical (unpaired) electrons. The van der Waals surface area contributed by atoms with Crippen molar-refractivity contribution in [3.63, 3.8) is 0 Å². The molecule has 0 aromatic carbocycles. The lowest BCUT2D eigenvalue weighted by molar-refractivity contribution is 0.0865. The van der Waals surface area contributed by atoms with Gasteiger partial charge < -0.3 is 20.4 Å². The molecule has 0 rings (SSSR count). The van der Waals surface area contributed by atoms with E-state index >= 15 is 0 Å². The minimum atomic E-state index is -0.491. The van der Waals surface area contributed by atoms with E-state index in [1.807, 2.05) is 6.92 Å². The standard InChI is InChI=1S/C6H14O2.C5H12O2/c1-2-3-4-6(8)5-7;1-2-5(7)3-4-6/h6-8H,2-5H2,1H3;5-7H,2-4H2,1H3. The normalized spacial score (nSPS) is 14.0. The number of hydrogen-bond acceptors (Lipinski definition) is 4. The Labute approximate surface area is 92.6 Å². The number of hydrogen-bond donors (Lipinski definition) is 4. The first-order valence-electron chi connectivity index (χ1n) is 5.70. The topological polar surface area (TPSA) is 80.9 Å². The zero-order chi connectivity index (χ0) is 12.1. The third-order valence-electron chi connectivity index (χ3n) is 2.04. The van der Waals surface area contributed by atoms with E-state index in [-0.39, 0.29) is 19.3 Å². The van der Waals surface area contributed by atoms with E-state index in [4.69, 9.17) is 20.4 Å². The fourth-order valence-electron chi connectivity index (χ4n) is 0.884. The van der Waals surface area contributed by atoms with Gasteiger partial charge in [0.05, 0.1) is 18.8 Å². The zero-order valence-electron chi connectivity index (χ0n) is 9.89. The lowest BCUT2D eigenvalue weighted by Crippen LogP contribution is -2.10. The predicted molar refractivity (Wildman–Crippen MR) is 60.6 cm³/mol. The lowest BCUT2D eigenvalue weighted by Gasteiger charge is -2.02. The van der Waals surface area contributed by atoms with Crippen molar-refractivity contribution in [1.29, 1.82) is 0 Å². The van der Waals surface area contributed by atoms with Crippen LogP contribution in [0.5, 0.6) is 0 Å². The molecule has 0 bridgehead atoms. The summed E-state index contributed by atoms with van der Waals surface area (Å²) < 4.78 is 0. The van der Waals surface area contributed by atoms with E-state index in [1.165, 1.54) is 0 Å². The van der Waals surface area contributed by atoms with Gasteiger partial charge in [-0.25, -0.2) is 0 Å². The van der Waals surface area contributed by atoms with E-state index < -0.39 is 6.10 Å². The molecular weight excluding hydrogens is 196 g/mol. The molecule has 0 aliphatic heterocycles. The third-order valence-corrected chi connectivity index (χ3v) is 2.04. The van der Waals surface area contributed by atoms with Gasteiger partial charge in [0.1, 0.15) is 0 Å². The smallest absolute Gasteiger partial charge is 0.0770 e. The molecule has 0 saturated heterocycles. The van der Waals surface area contributed by atoms with Crippen LogP contribution in [0.25, 0.3) is 0 Å². The van der Waals surface area contributed by atoms with Crippen LogP contribution in [0.4, 0.5) is 0 Å². The van der Waals surface area contributed by atoms with Crippen molar-refractivity contribution in [3.05, 3.63) is 0 Å². The summed E-state index contributed by atoms with van der Waals surface area (Å²) in [6.07, 6.45) is 3.27. The van der Waals surface area contributed by atoms with Crippen molar-refractivity contribution in [1.82, 2.24) is 0 Å². The predicted octanol–water partition coefficient (Wildman–Crippen LogP) is 0.669. The molecular formula is C11H26O4. The Morgan fingerprint density at radius 2 is 1.53 bits per heavy atom. The second-order valence-corrected chi connectivity index (χ2v) is 3.55. The van der Waals surface area contributed by atoms with Gasteiger partial charge in [-0.3, -0.25) is 0 Å². The first kappa shape index (κ1) is 17.2. The summed E-state index contributed by atoms with van der Waals surface area (Å²) in [4.78, 5) is 0. The highest BCUT2D eigenvalue weighted by Crippen LogP contribution is 1.97. The summed E-state index contributed by atoms with van der Waals surface area (Å²) in [5.74, 6) is 0. The fraction of sp³-hybridized carbons (Fsp3) is 1.00. The van der Waals surface area contributed by atoms with Gasteiger partial charge in [0.25, 0.3) is 0 Å². The van der Waals surface area contributed by atoms with Crippen molar-refractivity contribution in [2.45, 2.75) is 58.2 Å². The summed E-state index contributed by atoms with van der Waals surface area (Å²) in [6.45, 7) is 3.94. The van der Waals surface area contributed by atoms with E-state index in [9.17, 15) is 0 Å². The van der Waals surface area contributed by atoms with Gasteiger partial charge in [0.15, 0.2) is 0 Å². The molecule has 0 fully saturated rings. The monoisotopic (exact) mass is 222 g/mol. The quantitative estimate of drug-likeness (QED) is 0.510. The molecule has 2 atom stereocenters. The molecule has 94 valence electrons. The van der Waals surface area contributed by atoms with Crippen LogP contribution >= 0.6 is 0 Å². The van der Waals surface area contributed by atoms with Crippen LogP contribution in [0.1, 0.15) is 46.0 Å². The maximum atomic E-state index is 8.74. The van der Waals surface area contributed by atoms with Gasteiger partial charge >= 0.3 is 0 Å². The molecule has 0 heterocycles. The van der Waals surface area contributed by atoms with Crippen LogP contribution in [-0.2, 0) is 0 Å². The Kier molecular flexibility index (Phi) is 15.9. The molecule has 15 heavy (non-hydrogen) atoms. The van der Waals surface area contributed by atoms with Gasteiger partial charge in [0.2, 0.25) is 0 Å². The molecule has 0 aliphatic carbocycles. The summed E-state index contributed by atoms with van der Waals surface area (Å²) in [5, 5.41) is 34.0. The van der Waals surface area contributed by atoms with Crippen molar-refractivity contribution in [2.24, 2.45) is 0 Å². The first-order valence-corrected chi connectivity index (χ1v) is 5.70. The molecule has 0 aromatic heterocycles. The highest BCUT2D eigenvalue weighted by Gasteiger charge is 1.97. The van der Waals surface area contributed by atoms with Crippen LogP contribution in [0.3, 0.4) is 0 Å². The molecule has 0 spiro atoms. The highest BCUT2D eigenvalue weighted by atomic mass is 16.3. The Hall–Kier alpha value is -0.160. The number of rotatable bonds is 7. The van der Waals surface area contributed by atoms with Crippen LogP contribution in [-0.4, -0.2) is 45.8 Å². The van der Waals surface area contributed by atoms with Crippen LogP contribution < -0.4 is 0 Å². The average molecular weight is 222 g/mol. The summed E-state index contributed by atoms with van der Waals surface area (Å²) in [7, 11) is 0. The van der Waals surface area contributed by atoms with E-state index in [0.29, 0.717) is 6.42 Å². The average Bonchev–Trinajstić information content (AvgIpc) is 2.26. The van der Waals surface area contributed by atoms with Crippen LogP contribution in [0.15, 0.2) is 0 Å². The molecule has 4 N–H and O–H groups in total. The van der Waals surface area contributed by atoms with E-state index in [0.717, 1.165) is 25.7 Å². The lowest BCUT2D eigenvalue weighted by atomic mass is 10.2. The Balaban J connectivity index is 0. The Morgan fingerprint density at radius 3 is 1.80 bits per heavy atom. The largest absolute Gasteiger partial charge is 0.396 e. The molecule has 2 unspecified atom stereocenters. The Morgan fingerprint density at radius 1 is 0.933 bits per heavy atom. The Bertz CT molecular complexity index is 109. The second-order valence-electron chi connectivity index (χ2n) is 3.55. The summed E-state index contributed by atoms with van der Waals surface area (Å²) in [5.41, 5.74) is 0. The number of aliphatic hydroxyl groups excluding tert-OH is 4. The summed E-state index contributed by atoms with van der Waals surface area (Å²) in [6, 6.07) is 0. The molecule has 4 heteroatoms. The molecule has 0 amide bonds. The highest BCUT2D eigenvalue weighted by molar-refractivity contribution is 4.50. The van der Waals surface area contributed by atoms with Crippen molar-refractivity contribution in [3.8, 4) is 0 Å². The number of unbranched alkanes of at least 4 members (excludes halogenated alkanes) is 1. The van der Waals surface area contributed by atoms with Gasteiger partial charge in [-0.15, -0.1) is 0 Å². The van der Waals surface area contributed by atoms with Gasteiger partial charge in [-0.2, -0.15) is 0 Å². The third kappa shape index (κ3) is 16.5. The van der Waals surface area contributed by atoms with Crippen molar-refractivity contribution >= 4 is 0 Å². The van der Waals surface area contributed by atoms with Gasteiger partial charge in [0, 0.05) is 6.61 Å². The molecule has 0 aliphatic rings. The molecule has 0 saturated carbocycles. The van der Waals surface area contributed by atoms with E-state index in [2.05, 4.69) is 6.92 Å². The van der Waals surface area contributed by atoms with E-state index in [1.54, 1.807) is 0 Å². The SMILES string of the molecule is CCC(O)CCO.CCCCC(O)CO. The fourth-order valence-corrected chi connectivity index (χ4v) is 0.884. The maximum Gasteiger partial charge on any atom is 0.0770 e. The summed E-state index contributed by atoms with van der Waals surface area (Å²) >= 11 is 0. The van der Waals surface area contributed by atoms with Crippen molar-refractivity contribution < 1.29 is 20.4 Å². The van der Waals surface area contributed by atoms with Crippen LogP contribution in [0, 0.1) is 0 Å². The minimum absolute atomic E-state index is 0.0923. The van der Waals surface area contributed by atoms with Crippen LogP contribution in [0.2, 0.25) is 0 Å². The first-order chi connectivity index (χ1) is 7.12. The zero-order valence-corrected chi connectivity index (χ0v) is 9.89. The van der Waals surface area contributed by atoms with Crippen molar-refractivity contribution in [2.75, 3.05) is 13.2 Å². The van der Waals surface area contributed by atoms with Gasteiger partial charge in [-0.05, 0) is 19.3 Å².